The van der Waals surface area contributed by atoms with Gasteiger partial charge in [-0.25, -0.2) is 13.9 Å². The van der Waals surface area contributed by atoms with Crippen molar-refractivity contribution in [3.8, 4) is 5.69 Å². The third-order valence-corrected chi connectivity index (χ3v) is 2.16. The fourth-order valence-corrected chi connectivity index (χ4v) is 1.47. The summed E-state index contributed by atoms with van der Waals surface area (Å²) in [6.45, 7) is 0. The van der Waals surface area contributed by atoms with Crippen LogP contribution in [-0.2, 0) is 4.79 Å². The van der Waals surface area contributed by atoms with E-state index in [2.05, 4.69) is 5.10 Å². The van der Waals surface area contributed by atoms with E-state index < -0.39 is 11.8 Å². The average molecular weight is 232 g/mol. The molecule has 1 aromatic heterocycles. The van der Waals surface area contributed by atoms with Crippen LogP contribution in [0.3, 0.4) is 0 Å². The molecule has 0 atom stereocenters. The van der Waals surface area contributed by atoms with Crippen molar-refractivity contribution in [3.63, 3.8) is 0 Å². The van der Waals surface area contributed by atoms with Gasteiger partial charge in [0.15, 0.2) is 0 Å². The molecule has 0 amide bonds. The third-order valence-electron chi connectivity index (χ3n) is 2.16. The molecule has 0 radical (unpaired) electrons. The van der Waals surface area contributed by atoms with E-state index in [-0.39, 0.29) is 5.69 Å². The van der Waals surface area contributed by atoms with Gasteiger partial charge in [-0.2, -0.15) is 5.10 Å². The van der Waals surface area contributed by atoms with Gasteiger partial charge in [0.1, 0.15) is 11.5 Å². The summed E-state index contributed by atoms with van der Waals surface area (Å²) in [6.07, 6.45) is 5.41. The van der Waals surface area contributed by atoms with E-state index in [4.69, 9.17) is 5.11 Å². The first kappa shape index (κ1) is 11.1. The molecule has 0 aliphatic heterocycles. The van der Waals surface area contributed by atoms with Gasteiger partial charge in [0.2, 0.25) is 0 Å². The quantitative estimate of drug-likeness (QED) is 0.824. The molecular weight excluding hydrogens is 223 g/mol. The number of rotatable bonds is 3. The second kappa shape index (κ2) is 4.61. The van der Waals surface area contributed by atoms with Gasteiger partial charge in [-0.3, -0.25) is 0 Å². The predicted octanol–water partition coefficient (Wildman–Crippen LogP) is 2.11. The maximum Gasteiger partial charge on any atom is 0.328 e. The second-order valence-corrected chi connectivity index (χ2v) is 3.30. The number of para-hydroxylation sites is 1. The van der Waals surface area contributed by atoms with Crippen LogP contribution in [0.25, 0.3) is 11.8 Å². The van der Waals surface area contributed by atoms with E-state index >= 15 is 0 Å². The van der Waals surface area contributed by atoms with Crippen LogP contribution in [0.15, 0.2) is 42.7 Å². The molecule has 1 N–H and O–H groups in total. The summed E-state index contributed by atoms with van der Waals surface area (Å²) < 4.78 is 15.1. The Hall–Kier alpha value is -2.43. The Morgan fingerprint density at radius 1 is 1.41 bits per heavy atom. The molecule has 0 saturated carbocycles. The normalized spacial score (nSPS) is 10.9. The molecular formula is C12H9FN2O2. The van der Waals surface area contributed by atoms with Crippen molar-refractivity contribution in [2.24, 2.45) is 0 Å². The molecule has 4 nitrogen and oxygen atoms in total. The van der Waals surface area contributed by atoms with Crippen LogP contribution >= 0.6 is 0 Å². The average Bonchev–Trinajstić information content (AvgIpc) is 2.79. The van der Waals surface area contributed by atoms with E-state index in [1.54, 1.807) is 18.3 Å². The number of carboxylic acid groups (broad SMARTS) is 1. The van der Waals surface area contributed by atoms with E-state index in [0.717, 1.165) is 6.08 Å². The summed E-state index contributed by atoms with van der Waals surface area (Å²) in [5.41, 5.74) is 0.686. The number of aliphatic carboxylic acids is 1. The molecule has 5 heteroatoms. The number of aromatic nitrogens is 2. The van der Waals surface area contributed by atoms with Gasteiger partial charge in [-0.05, 0) is 18.2 Å². The Morgan fingerprint density at radius 3 is 2.88 bits per heavy atom. The second-order valence-electron chi connectivity index (χ2n) is 3.30. The highest BCUT2D eigenvalue weighted by molar-refractivity contribution is 5.86. The number of halogens is 1. The van der Waals surface area contributed by atoms with Crippen molar-refractivity contribution in [2.75, 3.05) is 0 Å². The van der Waals surface area contributed by atoms with Crippen molar-refractivity contribution in [3.05, 3.63) is 54.1 Å². The van der Waals surface area contributed by atoms with Gasteiger partial charge in [0.05, 0.1) is 0 Å². The number of hydrogen-bond acceptors (Lipinski definition) is 2. The maximum absolute atomic E-state index is 13.7. The molecule has 2 aromatic rings. The van der Waals surface area contributed by atoms with Gasteiger partial charge in [-0.15, -0.1) is 0 Å². The van der Waals surface area contributed by atoms with Gasteiger partial charge >= 0.3 is 5.97 Å². The van der Waals surface area contributed by atoms with Crippen LogP contribution in [0, 0.1) is 5.82 Å². The summed E-state index contributed by atoms with van der Waals surface area (Å²) in [7, 11) is 0. The first-order valence-corrected chi connectivity index (χ1v) is 4.88. The van der Waals surface area contributed by atoms with E-state index in [1.807, 2.05) is 0 Å². The predicted molar refractivity (Wildman–Crippen MR) is 60.2 cm³/mol. The number of carbonyl (C=O) groups is 1. The first-order chi connectivity index (χ1) is 8.18. The molecule has 0 aliphatic rings. The van der Waals surface area contributed by atoms with Gasteiger partial charge in [-0.1, -0.05) is 12.1 Å². The number of nitrogens with zero attached hydrogens (tertiary/aromatic N) is 2. The van der Waals surface area contributed by atoms with Crippen molar-refractivity contribution in [2.45, 2.75) is 0 Å². The maximum atomic E-state index is 13.7. The largest absolute Gasteiger partial charge is 0.478 e. The van der Waals surface area contributed by atoms with Crippen LogP contribution in [0.2, 0.25) is 0 Å². The van der Waals surface area contributed by atoms with Crippen LogP contribution in [0.4, 0.5) is 4.39 Å². The molecule has 1 heterocycles. The van der Waals surface area contributed by atoms with Gasteiger partial charge < -0.3 is 5.11 Å². The Morgan fingerprint density at radius 2 is 2.24 bits per heavy atom. The molecule has 86 valence electrons. The number of benzene rings is 1. The van der Waals surface area contributed by atoms with E-state index in [0.29, 0.717) is 5.56 Å². The molecule has 1 aromatic carbocycles. The molecule has 0 saturated heterocycles. The molecule has 0 unspecified atom stereocenters. The molecule has 17 heavy (non-hydrogen) atoms. The minimum atomic E-state index is -1.08. The zero-order valence-corrected chi connectivity index (χ0v) is 8.75. The lowest BCUT2D eigenvalue weighted by Gasteiger charge is -2.06. The minimum absolute atomic E-state index is 0.231. The third kappa shape index (κ3) is 2.39. The lowest BCUT2D eigenvalue weighted by molar-refractivity contribution is -0.131. The molecule has 0 spiro atoms. The standard InChI is InChI=1S/C12H9FN2O2/c13-10-4-1-3-9(5-6-11(16)17)12(10)15-8-2-7-14-15/h1-8H,(H,16,17)/b6-5+. The molecule has 0 aliphatic carbocycles. The highest BCUT2D eigenvalue weighted by Gasteiger charge is 2.08. The number of carboxylic acids is 1. The summed E-state index contributed by atoms with van der Waals surface area (Å²) in [6, 6.07) is 6.11. The Balaban J connectivity index is 2.53. The highest BCUT2D eigenvalue weighted by Crippen LogP contribution is 2.19. The van der Waals surface area contributed by atoms with Gasteiger partial charge in [0, 0.05) is 24.0 Å². The SMILES string of the molecule is O=C(O)/C=C/c1cccc(F)c1-n1cccn1. The van der Waals surface area contributed by atoms with Crippen LogP contribution in [0.1, 0.15) is 5.56 Å². The molecule has 0 fully saturated rings. The summed E-state index contributed by atoms with van der Waals surface area (Å²) >= 11 is 0. The summed E-state index contributed by atoms with van der Waals surface area (Å²) in [5, 5.41) is 12.5. The highest BCUT2D eigenvalue weighted by atomic mass is 19.1. The van der Waals surface area contributed by atoms with Crippen molar-refractivity contribution >= 4 is 12.0 Å². The monoisotopic (exact) mass is 232 g/mol. The Kier molecular flexibility index (Phi) is 3.00. The number of hydrogen-bond donors (Lipinski definition) is 1. The van der Waals surface area contributed by atoms with Crippen molar-refractivity contribution < 1.29 is 14.3 Å². The Labute approximate surface area is 96.6 Å². The Bertz CT molecular complexity index is 562. The van der Waals surface area contributed by atoms with Gasteiger partial charge in [0.25, 0.3) is 0 Å². The topological polar surface area (TPSA) is 55.1 Å². The van der Waals surface area contributed by atoms with Crippen LogP contribution in [0.5, 0.6) is 0 Å². The molecule has 2 rings (SSSR count). The lowest BCUT2D eigenvalue weighted by Crippen LogP contribution is -2.01. The van der Waals surface area contributed by atoms with Crippen LogP contribution < -0.4 is 0 Å². The van der Waals surface area contributed by atoms with E-state index in [9.17, 15) is 9.18 Å². The lowest BCUT2D eigenvalue weighted by atomic mass is 10.1. The summed E-state index contributed by atoms with van der Waals surface area (Å²) in [5.74, 6) is -1.54. The molecule has 0 bridgehead atoms. The van der Waals surface area contributed by atoms with Crippen molar-refractivity contribution in [1.29, 1.82) is 0 Å². The summed E-state index contributed by atoms with van der Waals surface area (Å²) in [4.78, 5) is 10.5. The minimum Gasteiger partial charge on any atom is -0.478 e. The fraction of sp³-hybridized carbons (Fsp3) is 0. The fourth-order valence-electron chi connectivity index (χ4n) is 1.47. The zero-order valence-electron chi connectivity index (χ0n) is 8.75. The van der Waals surface area contributed by atoms with E-state index in [1.165, 1.54) is 29.1 Å². The van der Waals surface area contributed by atoms with Crippen molar-refractivity contribution in [1.82, 2.24) is 9.78 Å². The zero-order chi connectivity index (χ0) is 12.3. The smallest absolute Gasteiger partial charge is 0.328 e. The first-order valence-electron chi connectivity index (χ1n) is 4.88. The van der Waals surface area contributed by atoms with Crippen LogP contribution in [-0.4, -0.2) is 20.9 Å².